The summed E-state index contributed by atoms with van der Waals surface area (Å²) in [5.74, 6) is 6.75. The zero-order valence-electron chi connectivity index (χ0n) is 8.72. The van der Waals surface area contributed by atoms with E-state index in [0.717, 1.165) is 23.3 Å². The van der Waals surface area contributed by atoms with Gasteiger partial charge >= 0.3 is 0 Å². The molecule has 1 rings (SSSR count). The maximum absolute atomic E-state index is 5.42. The molecule has 0 saturated carbocycles. The minimum absolute atomic E-state index is 0.438. The third-order valence-electron chi connectivity index (χ3n) is 1.71. The molecule has 0 unspecified atom stereocenters. The summed E-state index contributed by atoms with van der Waals surface area (Å²) in [6.07, 6.45) is 0. The van der Waals surface area contributed by atoms with Crippen molar-refractivity contribution in [3.63, 3.8) is 0 Å². The van der Waals surface area contributed by atoms with Crippen molar-refractivity contribution in [3.8, 4) is 17.6 Å². The van der Waals surface area contributed by atoms with Crippen molar-refractivity contribution < 1.29 is 4.74 Å². The highest BCUT2D eigenvalue weighted by atomic mass is 79.9. The second-order valence-corrected chi connectivity index (χ2v) is 3.79. The van der Waals surface area contributed by atoms with Crippen LogP contribution in [0.1, 0.15) is 6.92 Å². The van der Waals surface area contributed by atoms with Crippen LogP contribution in [-0.4, -0.2) is 19.7 Å². The number of hydrogen-bond donors (Lipinski definition) is 1. The third-order valence-corrected chi connectivity index (χ3v) is 2.24. The van der Waals surface area contributed by atoms with Crippen LogP contribution in [0.4, 0.5) is 0 Å². The minimum Gasteiger partial charge on any atom is -0.481 e. The summed E-state index contributed by atoms with van der Waals surface area (Å²) in [5, 5.41) is 3.12. The Balaban J connectivity index is 2.24. The molecule has 0 saturated heterocycles. The van der Waals surface area contributed by atoms with Crippen molar-refractivity contribution in [3.05, 3.63) is 28.7 Å². The Morgan fingerprint density at radius 3 is 2.67 bits per heavy atom. The standard InChI is InChI=1S/C12H14BrNO/c1-2-14-9-3-4-10-15-12-7-5-11(13)6-8-12/h5-8,14H,2,9-10H2,1H3. The first-order valence-electron chi connectivity index (χ1n) is 4.87. The number of ether oxygens (including phenoxy) is 1. The average molecular weight is 268 g/mol. The van der Waals surface area contributed by atoms with Crippen LogP contribution in [0.2, 0.25) is 0 Å². The predicted octanol–water partition coefficient (Wildman–Crippen LogP) is 2.44. The van der Waals surface area contributed by atoms with Crippen molar-refractivity contribution in [1.29, 1.82) is 0 Å². The summed E-state index contributed by atoms with van der Waals surface area (Å²) >= 11 is 3.36. The second-order valence-electron chi connectivity index (χ2n) is 2.88. The quantitative estimate of drug-likeness (QED) is 0.669. The Morgan fingerprint density at radius 1 is 1.27 bits per heavy atom. The molecule has 0 bridgehead atoms. The molecule has 0 fully saturated rings. The van der Waals surface area contributed by atoms with Gasteiger partial charge in [0.05, 0.1) is 6.54 Å². The lowest BCUT2D eigenvalue weighted by Gasteiger charge is -2.00. The first-order chi connectivity index (χ1) is 7.33. The molecule has 0 amide bonds. The van der Waals surface area contributed by atoms with E-state index in [-0.39, 0.29) is 0 Å². The summed E-state index contributed by atoms with van der Waals surface area (Å²) in [6.45, 7) is 4.16. The fraction of sp³-hybridized carbons (Fsp3) is 0.333. The lowest BCUT2D eigenvalue weighted by molar-refractivity contribution is 0.370. The highest BCUT2D eigenvalue weighted by Gasteiger charge is 1.90. The van der Waals surface area contributed by atoms with Crippen LogP contribution >= 0.6 is 15.9 Å². The molecule has 1 aromatic rings. The maximum Gasteiger partial charge on any atom is 0.149 e. The van der Waals surface area contributed by atoms with Crippen molar-refractivity contribution in [1.82, 2.24) is 5.32 Å². The number of nitrogens with one attached hydrogen (secondary N) is 1. The average Bonchev–Trinajstić information content (AvgIpc) is 2.26. The molecule has 0 atom stereocenters. The molecule has 0 heterocycles. The van der Waals surface area contributed by atoms with Gasteiger partial charge in [-0.3, -0.25) is 0 Å². The van der Waals surface area contributed by atoms with Gasteiger partial charge in [0.2, 0.25) is 0 Å². The molecular weight excluding hydrogens is 254 g/mol. The van der Waals surface area contributed by atoms with Crippen LogP contribution in [0.5, 0.6) is 5.75 Å². The topological polar surface area (TPSA) is 21.3 Å². The molecule has 0 radical (unpaired) electrons. The molecule has 15 heavy (non-hydrogen) atoms. The summed E-state index contributed by atoms with van der Waals surface area (Å²) in [7, 11) is 0. The van der Waals surface area contributed by atoms with Crippen molar-refractivity contribution in [2.75, 3.05) is 19.7 Å². The van der Waals surface area contributed by atoms with E-state index in [4.69, 9.17) is 4.74 Å². The summed E-state index contributed by atoms with van der Waals surface area (Å²) < 4.78 is 6.47. The first-order valence-corrected chi connectivity index (χ1v) is 5.67. The van der Waals surface area contributed by atoms with Gasteiger partial charge in [0.1, 0.15) is 12.4 Å². The van der Waals surface area contributed by atoms with Gasteiger partial charge in [-0.15, -0.1) is 0 Å². The number of hydrogen-bond acceptors (Lipinski definition) is 2. The van der Waals surface area contributed by atoms with Crippen LogP contribution < -0.4 is 10.1 Å². The van der Waals surface area contributed by atoms with Gasteiger partial charge in [-0.05, 0) is 30.8 Å². The Labute approximate surface area is 99.2 Å². The maximum atomic E-state index is 5.42. The zero-order chi connectivity index (χ0) is 10.9. The fourth-order valence-electron chi connectivity index (χ4n) is 0.951. The highest BCUT2D eigenvalue weighted by molar-refractivity contribution is 9.10. The SMILES string of the molecule is CCNCC#CCOc1ccc(Br)cc1. The molecule has 0 aliphatic rings. The normalized spacial score (nSPS) is 9.20. The van der Waals surface area contributed by atoms with Crippen LogP contribution in [0.15, 0.2) is 28.7 Å². The third kappa shape index (κ3) is 5.46. The van der Waals surface area contributed by atoms with E-state index >= 15 is 0 Å². The van der Waals surface area contributed by atoms with Crippen LogP contribution in [0.3, 0.4) is 0 Å². The van der Waals surface area contributed by atoms with Gasteiger partial charge in [0.25, 0.3) is 0 Å². The van der Waals surface area contributed by atoms with Crippen molar-refractivity contribution in [2.45, 2.75) is 6.92 Å². The molecule has 80 valence electrons. The number of rotatable bonds is 4. The van der Waals surface area contributed by atoms with Gasteiger partial charge in [-0.2, -0.15) is 0 Å². The van der Waals surface area contributed by atoms with Crippen LogP contribution in [0, 0.1) is 11.8 Å². The zero-order valence-corrected chi connectivity index (χ0v) is 10.3. The molecule has 1 aromatic carbocycles. The van der Waals surface area contributed by atoms with Gasteiger partial charge in [0, 0.05) is 4.47 Å². The summed E-state index contributed by atoms with van der Waals surface area (Å²) in [5.41, 5.74) is 0. The number of benzene rings is 1. The fourth-order valence-corrected chi connectivity index (χ4v) is 1.22. The van der Waals surface area contributed by atoms with E-state index in [9.17, 15) is 0 Å². The smallest absolute Gasteiger partial charge is 0.149 e. The van der Waals surface area contributed by atoms with Crippen molar-refractivity contribution in [2.24, 2.45) is 0 Å². The molecule has 3 heteroatoms. The van der Waals surface area contributed by atoms with E-state index in [0.29, 0.717) is 6.61 Å². The van der Waals surface area contributed by atoms with E-state index < -0.39 is 0 Å². The van der Waals surface area contributed by atoms with E-state index in [1.54, 1.807) is 0 Å². The number of halogens is 1. The summed E-state index contributed by atoms with van der Waals surface area (Å²) in [6, 6.07) is 7.72. The van der Waals surface area contributed by atoms with Crippen LogP contribution in [0.25, 0.3) is 0 Å². The van der Waals surface area contributed by atoms with Crippen LogP contribution in [-0.2, 0) is 0 Å². The minimum atomic E-state index is 0.438. The highest BCUT2D eigenvalue weighted by Crippen LogP contribution is 2.15. The lowest BCUT2D eigenvalue weighted by Crippen LogP contribution is -2.12. The van der Waals surface area contributed by atoms with Gasteiger partial charge in [-0.1, -0.05) is 34.7 Å². The molecule has 0 aromatic heterocycles. The molecule has 0 aliphatic heterocycles. The summed E-state index contributed by atoms with van der Waals surface area (Å²) in [4.78, 5) is 0. The van der Waals surface area contributed by atoms with E-state index in [2.05, 4.69) is 40.0 Å². The molecule has 0 aliphatic carbocycles. The van der Waals surface area contributed by atoms with E-state index in [1.165, 1.54) is 0 Å². The van der Waals surface area contributed by atoms with Gasteiger partial charge in [-0.25, -0.2) is 0 Å². The van der Waals surface area contributed by atoms with Crippen molar-refractivity contribution >= 4 is 15.9 Å². The Kier molecular flexibility index (Phi) is 5.91. The molecule has 1 N–H and O–H groups in total. The Hall–Kier alpha value is -0.980. The first kappa shape index (κ1) is 12.1. The Morgan fingerprint density at radius 2 is 2.00 bits per heavy atom. The molecular formula is C12H14BrNO. The monoisotopic (exact) mass is 267 g/mol. The van der Waals surface area contributed by atoms with Gasteiger partial charge < -0.3 is 10.1 Å². The molecule has 0 spiro atoms. The lowest BCUT2D eigenvalue weighted by atomic mass is 10.3. The van der Waals surface area contributed by atoms with E-state index in [1.807, 2.05) is 24.3 Å². The predicted molar refractivity (Wildman–Crippen MR) is 66.0 cm³/mol. The second kappa shape index (κ2) is 7.33. The molecule has 2 nitrogen and oxygen atoms in total. The Bertz CT molecular complexity index is 337. The largest absolute Gasteiger partial charge is 0.481 e. The van der Waals surface area contributed by atoms with Gasteiger partial charge in [0.15, 0.2) is 0 Å².